The van der Waals surface area contributed by atoms with Crippen LogP contribution in [-0.2, 0) is 13.1 Å². The van der Waals surface area contributed by atoms with Gasteiger partial charge >= 0.3 is 0 Å². The van der Waals surface area contributed by atoms with Crippen LogP contribution in [0.25, 0.3) is 0 Å². The molecule has 0 spiro atoms. The highest BCUT2D eigenvalue weighted by Gasteiger charge is 2.20. The second-order valence-corrected chi connectivity index (χ2v) is 4.70. The van der Waals surface area contributed by atoms with Crippen molar-refractivity contribution in [1.29, 1.82) is 0 Å². The number of nitrogens with one attached hydrogen (secondary N) is 1. The molecule has 16 heavy (non-hydrogen) atoms. The smallest absolute Gasteiger partial charge is 0.0638 e. The van der Waals surface area contributed by atoms with Gasteiger partial charge in [-0.05, 0) is 26.2 Å². The van der Waals surface area contributed by atoms with Gasteiger partial charge in [-0.15, -0.1) is 0 Å². The highest BCUT2D eigenvalue weighted by Crippen LogP contribution is 2.19. The first-order valence-electron chi connectivity index (χ1n) is 6.12. The van der Waals surface area contributed by atoms with Gasteiger partial charge < -0.3 is 5.32 Å². The van der Waals surface area contributed by atoms with Crippen LogP contribution in [0.5, 0.6) is 0 Å². The van der Waals surface area contributed by atoms with Crippen LogP contribution in [0.15, 0.2) is 18.3 Å². The van der Waals surface area contributed by atoms with Gasteiger partial charge in [-0.1, -0.05) is 19.1 Å². The molecule has 1 fully saturated rings. The Morgan fingerprint density at radius 1 is 1.62 bits per heavy atom. The molecular formula is C13H21N3. The number of hydrogen-bond acceptors (Lipinski definition) is 2. The normalized spacial score (nSPS) is 15.4. The van der Waals surface area contributed by atoms with Gasteiger partial charge in [0.05, 0.1) is 12.2 Å². The molecule has 1 N–H and O–H groups in total. The standard InChI is InChI=1S/C13H21N3/c1-4-10(2)8-16-9-12(11(3)15-16)7-14-13-5-6-13/h9,13-14H,2,4-8H2,1,3H3. The molecule has 0 unspecified atom stereocenters. The summed E-state index contributed by atoms with van der Waals surface area (Å²) < 4.78 is 2.01. The third-order valence-electron chi connectivity index (χ3n) is 3.09. The van der Waals surface area contributed by atoms with Crippen molar-refractivity contribution in [2.75, 3.05) is 0 Å². The molecule has 1 heterocycles. The number of aryl methyl sites for hydroxylation is 1. The van der Waals surface area contributed by atoms with E-state index < -0.39 is 0 Å². The molecule has 1 aliphatic carbocycles. The van der Waals surface area contributed by atoms with Gasteiger partial charge in [0.1, 0.15) is 0 Å². The molecule has 1 saturated carbocycles. The Kier molecular flexibility index (Phi) is 3.44. The number of rotatable bonds is 6. The summed E-state index contributed by atoms with van der Waals surface area (Å²) in [5, 5.41) is 8.03. The molecule has 3 nitrogen and oxygen atoms in total. The van der Waals surface area contributed by atoms with Crippen molar-refractivity contribution in [3.8, 4) is 0 Å². The van der Waals surface area contributed by atoms with Crippen molar-refractivity contribution >= 4 is 0 Å². The number of allylic oxidation sites excluding steroid dienone is 1. The third-order valence-corrected chi connectivity index (χ3v) is 3.09. The first-order valence-corrected chi connectivity index (χ1v) is 6.12. The Balaban J connectivity index is 1.93. The Labute approximate surface area is 97.5 Å². The monoisotopic (exact) mass is 219 g/mol. The minimum Gasteiger partial charge on any atom is -0.310 e. The van der Waals surface area contributed by atoms with Crippen molar-refractivity contribution in [2.45, 2.75) is 52.2 Å². The highest BCUT2D eigenvalue weighted by molar-refractivity contribution is 5.16. The Bertz CT molecular complexity index is 375. The number of nitrogens with zero attached hydrogens (tertiary/aromatic N) is 2. The van der Waals surface area contributed by atoms with Crippen molar-refractivity contribution < 1.29 is 0 Å². The molecule has 3 heteroatoms. The van der Waals surface area contributed by atoms with Crippen LogP contribution in [0.2, 0.25) is 0 Å². The van der Waals surface area contributed by atoms with E-state index in [4.69, 9.17) is 0 Å². The second-order valence-electron chi connectivity index (χ2n) is 4.70. The van der Waals surface area contributed by atoms with E-state index in [-0.39, 0.29) is 0 Å². The summed E-state index contributed by atoms with van der Waals surface area (Å²) in [6, 6.07) is 0.758. The van der Waals surface area contributed by atoms with Gasteiger partial charge in [0.2, 0.25) is 0 Å². The molecule has 1 aromatic heterocycles. The van der Waals surface area contributed by atoms with Crippen molar-refractivity contribution in [1.82, 2.24) is 15.1 Å². The highest BCUT2D eigenvalue weighted by atomic mass is 15.3. The van der Waals surface area contributed by atoms with Crippen molar-refractivity contribution in [3.63, 3.8) is 0 Å². The van der Waals surface area contributed by atoms with Crippen molar-refractivity contribution in [2.24, 2.45) is 0 Å². The molecule has 0 aromatic carbocycles. The van der Waals surface area contributed by atoms with E-state index in [0.29, 0.717) is 0 Å². The first kappa shape index (κ1) is 11.4. The van der Waals surface area contributed by atoms with E-state index in [9.17, 15) is 0 Å². The van der Waals surface area contributed by atoms with Crippen LogP contribution >= 0.6 is 0 Å². The topological polar surface area (TPSA) is 29.9 Å². The van der Waals surface area contributed by atoms with Gasteiger partial charge in [-0.2, -0.15) is 5.10 Å². The fourth-order valence-electron chi connectivity index (χ4n) is 1.70. The Morgan fingerprint density at radius 3 is 3.00 bits per heavy atom. The van der Waals surface area contributed by atoms with Crippen LogP contribution in [0, 0.1) is 6.92 Å². The van der Waals surface area contributed by atoms with Gasteiger partial charge in [-0.3, -0.25) is 4.68 Å². The van der Waals surface area contributed by atoms with E-state index in [1.165, 1.54) is 24.0 Å². The van der Waals surface area contributed by atoms with Gasteiger partial charge in [0.25, 0.3) is 0 Å². The van der Waals surface area contributed by atoms with Gasteiger partial charge in [-0.25, -0.2) is 0 Å². The van der Waals surface area contributed by atoms with Gasteiger partial charge in [0.15, 0.2) is 0 Å². The molecule has 0 saturated heterocycles. The van der Waals surface area contributed by atoms with E-state index >= 15 is 0 Å². The van der Waals surface area contributed by atoms with Crippen LogP contribution in [-0.4, -0.2) is 15.8 Å². The predicted octanol–water partition coefficient (Wildman–Crippen LogP) is 2.41. The zero-order valence-electron chi connectivity index (χ0n) is 10.3. The molecule has 1 aromatic rings. The summed E-state index contributed by atoms with van der Waals surface area (Å²) in [5.41, 5.74) is 3.68. The maximum atomic E-state index is 4.51. The number of hydrogen-bond donors (Lipinski definition) is 1. The summed E-state index contributed by atoms with van der Waals surface area (Å²) in [4.78, 5) is 0. The molecule has 0 atom stereocenters. The minimum absolute atomic E-state index is 0.758. The van der Waals surface area contributed by atoms with Crippen LogP contribution in [0.4, 0.5) is 0 Å². The van der Waals surface area contributed by atoms with Gasteiger partial charge in [0, 0.05) is 24.3 Å². The predicted molar refractivity (Wildman–Crippen MR) is 66.3 cm³/mol. The first-order chi connectivity index (χ1) is 7.69. The maximum absolute atomic E-state index is 4.51. The average Bonchev–Trinajstić information content (AvgIpc) is 3.01. The largest absolute Gasteiger partial charge is 0.310 e. The van der Waals surface area contributed by atoms with Crippen LogP contribution in [0.1, 0.15) is 37.4 Å². The Hall–Kier alpha value is -1.09. The summed E-state index contributed by atoms with van der Waals surface area (Å²) in [5.74, 6) is 0. The van der Waals surface area contributed by atoms with E-state index in [2.05, 4.69) is 37.0 Å². The lowest BCUT2D eigenvalue weighted by Crippen LogP contribution is -2.15. The summed E-state index contributed by atoms with van der Waals surface area (Å²) in [6.07, 6.45) is 5.83. The molecule has 88 valence electrons. The SMILES string of the molecule is C=C(CC)Cn1cc(CNC2CC2)c(C)n1. The molecule has 0 aliphatic heterocycles. The molecule has 1 aliphatic rings. The molecular weight excluding hydrogens is 198 g/mol. The zero-order valence-corrected chi connectivity index (χ0v) is 10.3. The molecule has 2 rings (SSSR count). The lowest BCUT2D eigenvalue weighted by molar-refractivity contribution is 0.656. The third kappa shape index (κ3) is 2.95. The lowest BCUT2D eigenvalue weighted by Gasteiger charge is -2.02. The quantitative estimate of drug-likeness (QED) is 0.745. The number of aromatic nitrogens is 2. The van der Waals surface area contributed by atoms with E-state index in [1.54, 1.807) is 0 Å². The zero-order chi connectivity index (χ0) is 11.5. The second kappa shape index (κ2) is 4.83. The van der Waals surface area contributed by atoms with Crippen LogP contribution < -0.4 is 5.32 Å². The summed E-state index contributed by atoms with van der Waals surface area (Å²) in [6.45, 7) is 10.0. The molecule has 0 bridgehead atoms. The fourth-order valence-corrected chi connectivity index (χ4v) is 1.70. The fraction of sp³-hybridized carbons (Fsp3) is 0.615. The lowest BCUT2D eigenvalue weighted by atomic mass is 10.2. The van der Waals surface area contributed by atoms with Crippen molar-refractivity contribution in [3.05, 3.63) is 29.6 Å². The summed E-state index contributed by atoms with van der Waals surface area (Å²) in [7, 11) is 0. The van der Waals surface area contributed by atoms with E-state index in [1.807, 2.05) is 4.68 Å². The van der Waals surface area contributed by atoms with E-state index in [0.717, 1.165) is 31.2 Å². The maximum Gasteiger partial charge on any atom is 0.0638 e. The molecule has 0 radical (unpaired) electrons. The van der Waals surface area contributed by atoms with Crippen LogP contribution in [0.3, 0.4) is 0 Å². The minimum atomic E-state index is 0.758. The molecule has 0 amide bonds. The average molecular weight is 219 g/mol. The Morgan fingerprint density at radius 2 is 2.38 bits per heavy atom. The summed E-state index contributed by atoms with van der Waals surface area (Å²) >= 11 is 0.